The van der Waals surface area contributed by atoms with Crippen LogP contribution in [0.2, 0.25) is 0 Å². The standard InChI is InChI=1S/C13H25N3O/c1-11-4-7-16(8-5-11)9-6-14-13(17)10-15-12-2-3-12/h11-12,15H,2-10H2,1H3,(H,14,17). The van der Waals surface area contributed by atoms with Gasteiger partial charge in [0.15, 0.2) is 0 Å². The second kappa shape index (κ2) is 6.36. The van der Waals surface area contributed by atoms with E-state index in [9.17, 15) is 4.79 Å². The van der Waals surface area contributed by atoms with Gasteiger partial charge < -0.3 is 15.5 Å². The first-order valence-corrected chi connectivity index (χ1v) is 6.96. The molecular formula is C13H25N3O. The molecule has 0 spiro atoms. The minimum absolute atomic E-state index is 0.141. The molecule has 4 nitrogen and oxygen atoms in total. The van der Waals surface area contributed by atoms with Crippen molar-refractivity contribution in [1.82, 2.24) is 15.5 Å². The largest absolute Gasteiger partial charge is 0.354 e. The number of hydrogen-bond acceptors (Lipinski definition) is 3. The van der Waals surface area contributed by atoms with Gasteiger partial charge in [-0.1, -0.05) is 6.92 Å². The molecule has 1 heterocycles. The Morgan fingerprint density at radius 1 is 1.24 bits per heavy atom. The Bertz CT molecular complexity index is 245. The van der Waals surface area contributed by atoms with Crippen LogP contribution in [0, 0.1) is 5.92 Å². The zero-order chi connectivity index (χ0) is 12.1. The van der Waals surface area contributed by atoms with Crippen molar-refractivity contribution >= 4 is 5.91 Å². The fraction of sp³-hybridized carbons (Fsp3) is 0.923. The molecule has 0 aromatic rings. The van der Waals surface area contributed by atoms with Crippen molar-refractivity contribution in [1.29, 1.82) is 0 Å². The molecule has 1 aliphatic heterocycles. The summed E-state index contributed by atoms with van der Waals surface area (Å²) in [4.78, 5) is 13.9. The van der Waals surface area contributed by atoms with E-state index in [4.69, 9.17) is 0 Å². The van der Waals surface area contributed by atoms with Gasteiger partial charge in [0.25, 0.3) is 0 Å². The maximum absolute atomic E-state index is 11.5. The van der Waals surface area contributed by atoms with Crippen LogP contribution < -0.4 is 10.6 Å². The molecule has 2 fully saturated rings. The van der Waals surface area contributed by atoms with Crippen LogP contribution in [0.25, 0.3) is 0 Å². The maximum atomic E-state index is 11.5. The van der Waals surface area contributed by atoms with Crippen LogP contribution in [0.1, 0.15) is 32.6 Å². The van der Waals surface area contributed by atoms with Crippen molar-refractivity contribution in [2.45, 2.75) is 38.6 Å². The van der Waals surface area contributed by atoms with Crippen molar-refractivity contribution in [2.24, 2.45) is 5.92 Å². The van der Waals surface area contributed by atoms with E-state index in [-0.39, 0.29) is 5.91 Å². The molecular weight excluding hydrogens is 214 g/mol. The Morgan fingerprint density at radius 2 is 1.94 bits per heavy atom. The predicted octanol–water partition coefficient (Wildman–Crippen LogP) is 0.587. The smallest absolute Gasteiger partial charge is 0.234 e. The zero-order valence-electron chi connectivity index (χ0n) is 10.9. The lowest BCUT2D eigenvalue weighted by atomic mass is 9.99. The van der Waals surface area contributed by atoms with Crippen molar-refractivity contribution < 1.29 is 4.79 Å². The van der Waals surface area contributed by atoms with E-state index < -0.39 is 0 Å². The van der Waals surface area contributed by atoms with Crippen molar-refractivity contribution in [3.05, 3.63) is 0 Å². The third kappa shape index (κ3) is 5.04. The minimum Gasteiger partial charge on any atom is -0.354 e. The lowest BCUT2D eigenvalue weighted by Crippen LogP contribution is -2.41. The molecule has 0 bridgehead atoms. The molecule has 1 aliphatic carbocycles. The predicted molar refractivity (Wildman–Crippen MR) is 68.9 cm³/mol. The van der Waals surface area contributed by atoms with Crippen molar-refractivity contribution in [3.8, 4) is 0 Å². The normalized spacial score (nSPS) is 22.6. The molecule has 0 aromatic heterocycles. The van der Waals surface area contributed by atoms with Gasteiger partial charge in [0, 0.05) is 19.1 Å². The van der Waals surface area contributed by atoms with Crippen molar-refractivity contribution in [3.63, 3.8) is 0 Å². The van der Waals surface area contributed by atoms with Gasteiger partial charge in [0.05, 0.1) is 6.54 Å². The monoisotopic (exact) mass is 239 g/mol. The van der Waals surface area contributed by atoms with Crippen LogP contribution in [0.5, 0.6) is 0 Å². The summed E-state index contributed by atoms with van der Waals surface area (Å²) in [5.74, 6) is 1.02. The molecule has 98 valence electrons. The first kappa shape index (κ1) is 12.8. The summed E-state index contributed by atoms with van der Waals surface area (Å²) >= 11 is 0. The summed E-state index contributed by atoms with van der Waals surface area (Å²) in [6, 6.07) is 0.615. The Hall–Kier alpha value is -0.610. The molecule has 0 radical (unpaired) electrons. The van der Waals surface area contributed by atoms with E-state index in [2.05, 4.69) is 22.5 Å². The Kier molecular flexibility index (Phi) is 4.80. The highest BCUT2D eigenvalue weighted by Crippen LogP contribution is 2.18. The van der Waals surface area contributed by atoms with Crippen LogP contribution in [0.4, 0.5) is 0 Å². The van der Waals surface area contributed by atoms with Gasteiger partial charge in [0.2, 0.25) is 5.91 Å². The van der Waals surface area contributed by atoms with Gasteiger partial charge in [-0.15, -0.1) is 0 Å². The van der Waals surface area contributed by atoms with Crippen LogP contribution in [0.15, 0.2) is 0 Å². The molecule has 2 N–H and O–H groups in total. The average Bonchev–Trinajstić information content (AvgIpc) is 3.13. The summed E-state index contributed by atoms with van der Waals surface area (Å²) in [6.45, 7) is 6.99. The maximum Gasteiger partial charge on any atom is 0.234 e. The Morgan fingerprint density at radius 3 is 2.59 bits per heavy atom. The summed E-state index contributed by atoms with van der Waals surface area (Å²) in [7, 11) is 0. The van der Waals surface area contributed by atoms with E-state index in [0.29, 0.717) is 12.6 Å². The zero-order valence-corrected chi connectivity index (χ0v) is 10.9. The van der Waals surface area contributed by atoms with Crippen LogP contribution >= 0.6 is 0 Å². The summed E-state index contributed by atoms with van der Waals surface area (Å²) in [6.07, 6.45) is 5.08. The number of nitrogens with one attached hydrogen (secondary N) is 2. The number of carbonyl (C=O) groups is 1. The van der Waals surface area contributed by atoms with Crippen LogP contribution in [0.3, 0.4) is 0 Å². The number of nitrogens with zero attached hydrogens (tertiary/aromatic N) is 1. The topological polar surface area (TPSA) is 44.4 Å². The molecule has 0 unspecified atom stereocenters. The quantitative estimate of drug-likeness (QED) is 0.713. The van der Waals surface area contributed by atoms with E-state index in [0.717, 1.165) is 19.0 Å². The van der Waals surface area contributed by atoms with E-state index >= 15 is 0 Å². The Labute approximate surface area is 104 Å². The summed E-state index contributed by atoms with van der Waals surface area (Å²) in [5, 5.41) is 6.21. The first-order valence-electron chi connectivity index (χ1n) is 6.96. The van der Waals surface area contributed by atoms with Gasteiger partial charge in [0.1, 0.15) is 0 Å². The molecule has 1 amide bonds. The first-order chi connectivity index (χ1) is 8.24. The van der Waals surface area contributed by atoms with Gasteiger partial charge in [-0.3, -0.25) is 4.79 Å². The minimum atomic E-state index is 0.141. The number of carbonyl (C=O) groups excluding carboxylic acids is 1. The lowest BCUT2D eigenvalue weighted by Gasteiger charge is -2.30. The van der Waals surface area contributed by atoms with Gasteiger partial charge in [-0.2, -0.15) is 0 Å². The number of piperidine rings is 1. The number of amides is 1. The second-order valence-corrected chi connectivity index (χ2v) is 5.53. The summed E-state index contributed by atoms with van der Waals surface area (Å²) in [5.41, 5.74) is 0. The number of rotatable bonds is 6. The molecule has 2 aliphatic rings. The number of likely N-dealkylation sites (tertiary alicyclic amines) is 1. The summed E-state index contributed by atoms with van der Waals surface area (Å²) < 4.78 is 0. The van der Waals surface area contributed by atoms with Crippen LogP contribution in [-0.2, 0) is 4.79 Å². The highest BCUT2D eigenvalue weighted by atomic mass is 16.1. The van der Waals surface area contributed by atoms with E-state index in [1.807, 2.05) is 0 Å². The average molecular weight is 239 g/mol. The van der Waals surface area contributed by atoms with E-state index in [1.165, 1.54) is 38.8 Å². The molecule has 4 heteroatoms. The molecule has 0 aromatic carbocycles. The Balaban J connectivity index is 1.48. The van der Waals surface area contributed by atoms with E-state index in [1.54, 1.807) is 0 Å². The molecule has 0 atom stereocenters. The number of hydrogen-bond donors (Lipinski definition) is 2. The third-order valence-electron chi connectivity index (χ3n) is 3.76. The molecule has 1 saturated carbocycles. The van der Waals surface area contributed by atoms with Crippen molar-refractivity contribution in [2.75, 3.05) is 32.7 Å². The fourth-order valence-corrected chi connectivity index (χ4v) is 2.23. The highest BCUT2D eigenvalue weighted by molar-refractivity contribution is 5.78. The SMILES string of the molecule is CC1CCN(CCNC(=O)CNC2CC2)CC1. The molecule has 1 saturated heterocycles. The molecule has 2 rings (SSSR count). The lowest BCUT2D eigenvalue weighted by molar-refractivity contribution is -0.120. The highest BCUT2D eigenvalue weighted by Gasteiger charge is 2.21. The van der Waals surface area contributed by atoms with Gasteiger partial charge in [-0.05, 0) is 44.7 Å². The third-order valence-corrected chi connectivity index (χ3v) is 3.76. The van der Waals surface area contributed by atoms with Gasteiger partial charge in [-0.25, -0.2) is 0 Å². The molecule has 17 heavy (non-hydrogen) atoms. The van der Waals surface area contributed by atoms with Crippen LogP contribution in [-0.4, -0.2) is 49.6 Å². The fourth-order valence-electron chi connectivity index (χ4n) is 2.23. The van der Waals surface area contributed by atoms with Gasteiger partial charge >= 0.3 is 0 Å². The second-order valence-electron chi connectivity index (χ2n) is 5.53.